The fourth-order valence-electron chi connectivity index (χ4n) is 5.29. The van der Waals surface area contributed by atoms with E-state index < -0.39 is 12.0 Å². The molecule has 47 heavy (non-hydrogen) atoms. The van der Waals surface area contributed by atoms with E-state index in [1.807, 2.05) is 72.8 Å². The average Bonchev–Trinajstić information content (AvgIpc) is 3.39. The van der Waals surface area contributed by atoms with Crippen LogP contribution in [0.1, 0.15) is 35.2 Å². The predicted molar refractivity (Wildman–Crippen MR) is 189 cm³/mol. The minimum atomic E-state index is -0.748. The highest BCUT2D eigenvalue weighted by atomic mass is 79.9. The molecule has 11 heteroatoms. The zero-order valence-electron chi connectivity index (χ0n) is 25.2. The molecule has 1 aliphatic rings. The highest BCUT2D eigenvalue weighted by Gasteiger charge is 2.35. The molecule has 5 aromatic rings. The number of nitrogens with zero attached hydrogens (tertiary/aromatic N) is 2. The number of carbonyl (C=O) groups excluding carboxylic acids is 1. The van der Waals surface area contributed by atoms with Crippen molar-refractivity contribution in [2.24, 2.45) is 4.99 Å². The van der Waals surface area contributed by atoms with Gasteiger partial charge in [0.1, 0.15) is 6.61 Å². The summed E-state index contributed by atoms with van der Waals surface area (Å²) in [5.41, 5.74) is 3.54. The van der Waals surface area contributed by atoms with Crippen LogP contribution in [0.15, 0.2) is 111 Å². The molecular formula is C36H27BrCl2N2O5S. The molecule has 0 radical (unpaired) electrons. The van der Waals surface area contributed by atoms with Gasteiger partial charge >= 0.3 is 5.97 Å². The van der Waals surface area contributed by atoms with E-state index in [1.54, 1.807) is 42.9 Å². The molecule has 0 spiro atoms. The van der Waals surface area contributed by atoms with E-state index in [1.165, 1.54) is 11.3 Å². The van der Waals surface area contributed by atoms with Crippen molar-refractivity contribution in [1.29, 1.82) is 0 Å². The molecule has 1 atom stereocenters. The smallest absolute Gasteiger partial charge is 0.338 e. The molecular weight excluding hydrogens is 723 g/mol. The molecule has 1 aromatic heterocycles. The summed E-state index contributed by atoms with van der Waals surface area (Å²) in [4.78, 5) is 33.2. The zero-order chi connectivity index (χ0) is 33.1. The number of thiazole rings is 1. The van der Waals surface area contributed by atoms with Crippen molar-refractivity contribution < 1.29 is 19.0 Å². The lowest BCUT2D eigenvalue weighted by Crippen LogP contribution is -2.39. The first-order valence-corrected chi connectivity index (χ1v) is 16.9. The highest BCUT2D eigenvalue weighted by molar-refractivity contribution is 9.10. The lowest BCUT2D eigenvalue weighted by Gasteiger charge is -2.25. The van der Waals surface area contributed by atoms with E-state index >= 15 is 0 Å². The number of ether oxygens (including phenoxy) is 3. The first-order chi connectivity index (χ1) is 22.8. The van der Waals surface area contributed by atoms with Crippen LogP contribution in [0.5, 0.6) is 11.5 Å². The Kier molecular flexibility index (Phi) is 9.98. The number of rotatable bonds is 9. The molecule has 0 amide bonds. The Balaban J connectivity index is 1.47. The van der Waals surface area contributed by atoms with Gasteiger partial charge in [-0.3, -0.25) is 9.36 Å². The molecule has 0 bridgehead atoms. The van der Waals surface area contributed by atoms with E-state index in [0.717, 1.165) is 16.7 Å². The number of aromatic nitrogens is 1. The summed E-state index contributed by atoms with van der Waals surface area (Å²) in [5.74, 6) is 0.438. The molecule has 0 saturated heterocycles. The molecule has 6 rings (SSSR count). The second kappa shape index (κ2) is 14.3. The number of esters is 1. The Hall–Kier alpha value is -4.15. The number of methoxy groups -OCH3 is 1. The lowest BCUT2D eigenvalue weighted by molar-refractivity contribution is -0.138. The molecule has 0 unspecified atom stereocenters. The Morgan fingerprint density at radius 3 is 2.40 bits per heavy atom. The third-order valence-electron chi connectivity index (χ3n) is 7.41. The second-order valence-electron chi connectivity index (χ2n) is 10.4. The molecule has 4 aromatic carbocycles. The van der Waals surface area contributed by atoms with Gasteiger partial charge in [-0.2, -0.15) is 0 Å². The summed E-state index contributed by atoms with van der Waals surface area (Å²) in [6.07, 6.45) is 1.78. The van der Waals surface area contributed by atoms with Crippen LogP contribution in [-0.4, -0.2) is 24.3 Å². The fourth-order valence-corrected chi connectivity index (χ4v) is 7.19. The zero-order valence-corrected chi connectivity index (χ0v) is 29.1. The van der Waals surface area contributed by atoms with Crippen LogP contribution in [0.4, 0.5) is 0 Å². The summed E-state index contributed by atoms with van der Waals surface area (Å²) >= 11 is 17.1. The van der Waals surface area contributed by atoms with Crippen molar-refractivity contribution in [3.05, 3.63) is 153 Å². The van der Waals surface area contributed by atoms with Crippen molar-refractivity contribution >= 4 is 68.2 Å². The topological polar surface area (TPSA) is 79.1 Å². The maximum Gasteiger partial charge on any atom is 0.338 e. The third kappa shape index (κ3) is 6.80. The lowest BCUT2D eigenvalue weighted by atomic mass is 9.93. The number of hydrogen-bond donors (Lipinski definition) is 0. The van der Waals surface area contributed by atoms with Crippen LogP contribution in [-0.2, 0) is 16.1 Å². The quantitative estimate of drug-likeness (QED) is 0.145. The average molecular weight is 750 g/mol. The highest BCUT2D eigenvalue weighted by Crippen LogP contribution is 2.38. The Morgan fingerprint density at radius 2 is 1.72 bits per heavy atom. The standard InChI is InChI=1S/C36H27BrCl2N2O5S/c1-3-45-35(43)30-31(23-10-6-4-7-11-23)40-36-41(32(30)24-12-8-5-9-13-24)34(42)29(47-36)19-22-16-25(37)33(28(18-22)44-2)46-20-21-14-15-26(38)27(39)17-21/h4-19,32H,3,20H2,1-2H3/b29-19-/t32-/m1/s1. The molecule has 0 fully saturated rings. The van der Waals surface area contributed by atoms with Crippen molar-refractivity contribution in [1.82, 2.24) is 4.57 Å². The second-order valence-corrected chi connectivity index (χ2v) is 13.1. The van der Waals surface area contributed by atoms with E-state index in [2.05, 4.69) is 15.9 Å². The van der Waals surface area contributed by atoms with Gasteiger partial charge < -0.3 is 14.2 Å². The van der Waals surface area contributed by atoms with Gasteiger partial charge in [-0.05, 0) is 69.9 Å². The van der Waals surface area contributed by atoms with E-state index in [-0.39, 0.29) is 18.8 Å². The van der Waals surface area contributed by atoms with Gasteiger partial charge in [-0.25, -0.2) is 9.79 Å². The SMILES string of the molecule is CCOC(=O)C1=C(c2ccccc2)N=c2s/c(=C\c3cc(Br)c(OCc4ccc(Cl)c(Cl)c4)c(OC)c3)c(=O)n2[C@@H]1c1ccccc1. The minimum Gasteiger partial charge on any atom is -0.493 e. The van der Waals surface area contributed by atoms with Crippen molar-refractivity contribution in [2.45, 2.75) is 19.6 Å². The monoisotopic (exact) mass is 748 g/mol. The fraction of sp³-hybridized carbons (Fsp3) is 0.139. The van der Waals surface area contributed by atoms with Crippen molar-refractivity contribution in [2.75, 3.05) is 13.7 Å². The molecule has 1 aliphatic heterocycles. The van der Waals surface area contributed by atoms with Crippen LogP contribution >= 0.6 is 50.5 Å². The van der Waals surface area contributed by atoms with Crippen LogP contribution in [0.25, 0.3) is 11.8 Å². The van der Waals surface area contributed by atoms with E-state index in [9.17, 15) is 9.59 Å². The Bertz CT molecular complexity index is 2180. The van der Waals surface area contributed by atoms with Gasteiger partial charge in [-0.1, -0.05) is 101 Å². The number of halogens is 3. The van der Waals surface area contributed by atoms with Gasteiger partial charge in [0.05, 0.1) is 50.1 Å². The number of carbonyl (C=O) groups is 1. The summed E-state index contributed by atoms with van der Waals surface area (Å²) in [7, 11) is 1.55. The van der Waals surface area contributed by atoms with Crippen LogP contribution in [0.3, 0.4) is 0 Å². The number of fused-ring (bicyclic) bond motifs is 1. The molecule has 0 saturated carbocycles. The summed E-state index contributed by atoms with van der Waals surface area (Å²) in [5, 5.41) is 0.905. The maximum atomic E-state index is 14.2. The van der Waals surface area contributed by atoms with Gasteiger partial charge in [-0.15, -0.1) is 0 Å². The van der Waals surface area contributed by atoms with Crippen LogP contribution in [0, 0.1) is 0 Å². The number of hydrogen-bond acceptors (Lipinski definition) is 7. The van der Waals surface area contributed by atoms with Gasteiger partial charge in [0.15, 0.2) is 16.3 Å². The molecule has 2 heterocycles. The molecule has 238 valence electrons. The maximum absolute atomic E-state index is 14.2. The Labute approximate surface area is 293 Å². The van der Waals surface area contributed by atoms with Crippen molar-refractivity contribution in [3.63, 3.8) is 0 Å². The van der Waals surface area contributed by atoms with Crippen LogP contribution in [0.2, 0.25) is 10.0 Å². The Morgan fingerprint density at radius 1 is 1.00 bits per heavy atom. The third-order valence-corrected chi connectivity index (χ3v) is 9.72. The minimum absolute atomic E-state index is 0.181. The molecule has 0 aliphatic carbocycles. The van der Waals surface area contributed by atoms with Gasteiger partial charge in [0.2, 0.25) is 0 Å². The normalized spacial score (nSPS) is 14.4. The van der Waals surface area contributed by atoms with Crippen molar-refractivity contribution in [3.8, 4) is 11.5 Å². The first kappa shape index (κ1) is 32.8. The summed E-state index contributed by atoms with van der Waals surface area (Å²) in [6.45, 7) is 2.17. The predicted octanol–water partition coefficient (Wildman–Crippen LogP) is 7.59. The summed E-state index contributed by atoms with van der Waals surface area (Å²) in [6, 6.07) is 27.1. The first-order valence-electron chi connectivity index (χ1n) is 14.6. The van der Waals surface area contributed by atoms with E-state index in [4.69, 9.17) is 42.4 Å². The van der Waals surface area contributed by atoms with Crippen LogP contribution < -0.4 is 24.4 Å². The van der Waals surface area contributed by atoms with E-state index in [0.29, 0.717) is 52.2 Å². The van der Waals surface area contributed by atoms with Gasteiger partial charge in [0, 0.05) is 5.56 Å². The molecule has 7 nitrogen and oxygen atoms in total. The number of benzene rings is 4. The largest absolute Gasteiger partial charge is 0.493 e. The van der Waals surface area contributed by atoms with Gasteiger partial charge in [0.25, 0.3) is 5.56 Å². The molecule has 0 N–H and O–H groups in total. The summed E-state index contributed by atoms with van der Waals surface area (Å²) < 4.78 is 19.9.